The first-order chi connectivity index (χ1) is 5.13. The maximum atomic E-state index is 10.6. The smallest absolute Gasteiger partial charge is 0.266 e. The molecular weight excluding hydrogens is 152 g/mol. The summed E-state index contributed by atoms with van der Waals surface area (Å²) in [6, 6.07) is -1.41. The molecule has 1 atom stereocenters. The third-order valence-corrected chi connectivity index (χ3v) is 0.924. The molecule has 0 aromatic rings. The van der Waals surface area contributed by atoms with E-state index in [9.17, 15) is 14.4 Å². The fourth-order valence-electron chi connectivity index (χ4n) is 0.438. The van der Waals surface area contributed by atoms with Gasteiger partial charge in [0.2, 0.25) is 12.3 Å². The number of primary amides is 1. The Bertz CT molecular complexity index is 180. The van der Waals surface area contributed by atoms with Crippen molar-refractivity contribution in [3.8, 4) is 0 Å². The number of rotatable bonds is 4. The highest BCUT2D eigenvalue weighted by Crippen LogP contribution is 1.78. The summed E-state index contributed by atoms with van der Waals surface area (Å²) in [7, 11) is 0. The zero-order valence-electron chi connectivity index (χ0n) is 5.53. The normalized spacial score (nSPS) is 11.4. The van der Waals surface area contributed by atoms with Crippen molar-refractivity contribution in [2.45, 2.75) is 6.04 Å². The van der Waals surface area contributed by atoms with Crippen LogP contribution in [0.1, 0.15) is 0 Å². The van der Waals surface area contributed by atoms with Crippen molar-refractivity contribution >= 4 is 18.2 Å². The Morgan fingerprint density at radius 2 is 2.00 bits per heavy atom. The molecule has 0 bridgehead atoms. The molecule has 0 aliphatic heterocycles. The standard InChI is InChI=1S/C4H8N4O3/c5-3(10)2(7-1-9)4(11)8-6/h1-2H,6H2,(H2,5,10)(H,7,9)(H,8,11). The van der Waals surface area contributed by atoms with Gasteiger partial charge in [0.25, 0.3) is 5.91 Å². The molecule has 1 unspecified atom stereocenters. The number of nitrogens with one attached hydrogen (secondary N) is 2. The van der Waals surface area contributed by atoms with Crippen molar-refractivity contribution in [1.82, 2.24) is 10.7 Å². The van der Waals surface area contributed by atoms with Crippen LogP contribution in [0.15, 0.2) is 0 Å². The Labute approximate surface area is 62.1 Å². The molecule has 7 nitrogen and oxygen atoms in total. The van der Waals surface area contributed by atoms with E-state index in [1.807, 2.05) is 5.32 Å². The van der Waals surface area contributed by atoms with Crippen LogP contribution in [-0.2, 0) is 14.4 Å². The van der Waals surface area contributed by atoms with Gasteiger partial charge in [-0.3, -0.25) is 19.8 Å². The van der Waals surface area contributed by atoms with Crippen LogP contribution in [0.3, 0.4) is 0 Å². The molecule has 0 saturated heterocycles. The molecule has 0 heterocycles. The lowest BCUT2D eigenvalue weighted by molar-refractivity contribution is -0.132. The number of carbonyl (C=O) groups is 3. The van der Waals surface area contributed by atoms with Crippen LogP contribution in [0.2, 0.25) is 0 Å². The van der Waals surface area contributed by atoms with E-state index in [1.165, 1.54) is 0 Å². The highest BCUT2D eigenvalue weighted by molar-refractivity contribution is 6.04. The first-order valence-corrected chi connectivity index (χ1v) is 2.63. The second-order valence-corrected chi connectivity index (χ2v) is 1.63. The second-order valence-electron chi connectivity index (χ2n) is 1.63. The van der Waals surface area contributed by atoms with Gasteiger partial charge >= 0.3 is 0 Å². The van der Waals surface area contributed by atoms with Crippen LogP contribution < -0.4 is 22.3 Å². The van der Waals surface area contributed by atoms with Crippen LogP contribution in [0.5, 0.6) is 0 Å². The molecule has 0 fully saturated rings. The number of carbonyl (C=O) groups excluding carboxylic acids is 3. The van der Waals surface area contributed by atoms with E-state index in [4.69, 9.17) is 5.73 Å². The third kappa shape index (κ3) is 2.63. The fourth-order valence-corrected chi connectivity index (χ4v) is 0.438. The summed E-state index contributed by atoms with van der Waals surface area (Å²) in [5.74, 6) is 2.85. The van der Waals surface area contributed by atoms with Gasteiger partial charge in [-0.1, -0.05) is 0 Å². The monoisotopic (exact) mass is 160 g/mol. The van der Waals surface area contributed by atoms with Crippen molar-refractivity contribution in [2.24, 2.45) is 11.6 Å². The maximum absolute atomic E-state index is 10.6. The summed E-state index contributed by atoms with van der Waals surface area (Å²) in [5.41, 5.74) is 6.39. The van der Waals surface area contributed by atoms with Gasteiger partial charge in [0.05, 0.1) is 0 Å². The van der Waals surface area contributed by atoms with Gasteiger partial charge < -0.3 is 11.1 Å². The summed E-state index contributed by atoms with van der Waals surface area (Å²) < 4.78 is 0. The Morgan fingerprint density at radius 3 is 2.27 bits per heavy atom. The third-order valence-electron chi connectivity index (χ3n) is 0.924. The van der Waals surface area contributed by atoms with E-state index in [-0.39, 0.29) is 6.41 Å². The molecule has 3 amide bonds. The fraction of sp³-hybridized carbons (Fsp3) is 0.250. The molecule has 0 aromatic carbocycles. The topological polar surface area (TPSA) is 127 Å². The van der Waals surface area contributed by atoms with Crippen molar-refractivity contribution < 1.29 is 14.4 Å². The number of hydrazine groups is 1. The average molecular weight is 160 g/mol. The molecule has 0 aliphatic carbocycles. The summed E-state index contributed by atoms with van der Waals surface area (Å²) in [4.78, 5) is 30.8. The van der Waals surface area contributed by atoms with Gasteiger partial charge in [0, 0.05) is 0 Å². The molecule has 0 aliphatic rings. The highest BCUT2D eigenvalue weighted by atomic mass is 16.2. The van der Waals surface area contributed by atoms with Gasteiger partial charge in [0.15, 0.2) is 6.04 Å². The molecule has 0 radical (unpaired) electrons. The number of nitrogens with two attached hydrogens (primary N) is 2. The zero-order valence-corrected chi connectivity index (χ0v) is 5.53. The lowest BCUT2D eigenvalue weighted by Gasteiger charge is -2.08. The molecule has 62 valence electrons. The summed E-state index contributed by atoms with van der Waals surface area (Å²) in [6.07, 6.45) is 0.185. The van der Waals surface area contributed by atoms with E-state index >= 15 is 0 Å². The molecule has 0 saturated carbocycles. The zero-order chi connectivity index (χ0) is 8.85. The van der Waals surface area contributed by atoms with Crippen molar-refractivity contribution in [1.29, 1.82) is 0 Å². The second kappa shape index (κ2) is 4.23. The van der Waals surface area contributed by atoms with Crippen molar-refractivity contribution in [2.75, 3.05) is 0 Å². The van der Waals surface area contributed by atoms with E-state index in [2.05, 4.69) is 5.84 Å². The highest BCUT2D eigenvalue weighted by Gasteiger charge is 2.21. The first kappa shape index (κ1) is 9.37. The lowest BCUT2D eigenvalue weighted by Crippen LogP contribution is -2.53. The largest absolute Gasteiger partial charge is 0.367 e. The van der Waals surface area contributed by atoms with E-state index in [1.54, 1.807) is 5.43 Å². The quantitative estimate of drug-likeness (QED) is 0.112. The molecule has 7 heteroatoms. The molecule has 6 N–H and O–H groups in total. The minimum Gasteiger partial charge on any atom is -0.367 e. The Kier molecular flexibility index (Phi) is 3.60. The van der Waals surface area contributed by atoms with Gasteiger partial charge in [-0.15, -0.1) is 0 Å². The van der Waals surface area contributed by atoms with E-state index in [0.29, 0.717) is 0 Å². The molecule has 11 heavy (non-hydrogen) atoms. The summed E-state index contributed by atoms with van der Waals surface area (Å²) >= 11 is 0. The Hall–Kier alpha value is -1.63. The summed E-state index contributed by atoms with van der Waals surface area (Å²) in [6.45, 7) is 0. The van der Waals surface area contributed by atoms with E-state index < -0.39 is 17.9 Å². The summed E-state index contributed by atoms with van der Waals surface area (Å²) in [5, 5.41) is 1.89. The van der Waals surface area contributed by atoms with Gasteiger partial charge in [-0.25, -0.2) is 5.84 Å². The van der Waals surface area contributed by atoms with Gasteiger partial charge in [-0.05, 0) is 0 Å². The minimum absolute atomic E-state index is 0.185. The number of amides is 3. The van der Waals surface area contributed by atoms with Gasteiger partial charge in [0.1, 0.15) is 0 Å². The van der Waals surface area contributed by atoms with E-state index in [0.717, 1.165) is 0 Å². The molecule has 0 rings (SSSR count). The molecular formula is C4H8N4O3. The van der Waals surface area contributed by atoms with Crippen LogP contribution in [0.4, 0.5) is 0 Å². The first-order valence-electron chi connectivity index (χ1n) is 2.63. The SMILES string of the molecule is NNC(=O)C(NC=O)C(N)=O. The molecule has 0 aromatic heterocycles. The predicted molar refractivity (Wildman–Crippen MR) is 34.5 cm³/mol. The van der Waals surface area contributed by atoms with Crippen LogP contribution in [0, 0.1) is 0 Å². The number of hydrogen-bond donors (Lipinski definition) is 4. The van der Waals surface area contributed by atoms with Crippen molar-refractivity contribution in [3.05, 3.63) is 0 Å². The number of hydrogen-bond acceptors (Lipinski definition) is 4. The molecule has 0 spiro atoms. The Balaban J connectivity index is 4.20. The minimum atomic E-state index is -1.41. The Morgan fingerprint density at radius 1 is 1.45 bits per heavy atom. The van der Waals surface area contributed by atoms with Crippen LogP contribution in [0.25, 0.3) is 0 Å². The van der Waals surface area contributed by atoms with Gasteiger partial charge in [-0.2, -0.15) is 0 Å². The predicted octanol–water partition coefficient (Wildman–Crippen LogP) is -3.42. The van der Waals surface area contributed by atoms with Crippen LogP contribution >= 0.6 is 0 Å². The van der Waals surface area contributed by atoms with Crippen molar-refractivity contribution in [3.63, 3.8) is 0 Å². The average Bonchev–Trinajstić information content (AvgIpc) is 1.98. The lowest BCUT2D eigenvalue weighted by atomic mass is 10.3. The van der Waals surface area contributed by atoms with Crippen LogP contribution in [-0.4, -0.2) is 24.3 Å². The maximum Gasteiger partial charge on any atom is 0.266 e.